The average Bonchev–Trinajstić information content (AvgIpc) is 3.05. The van der Waals surface area contributed by atoms with Crippen LogP contribution in [0.4, 0.5) is 0 Å². The first-order valence-electron chi connectivity index (χ1n) is 19.6. The summed E-state index contributed by atoms with van der Waals surface area (Å²) in [7, 11) is -4.75. The molecular formula is C39H73O8P. The van der Waals surface area contributed by atoms with E-state index in [1.807, 2.05) is 0 Å². The Morgan fingerprint density at radius 3 is 1.29 bits per heavy atom. The van der Waals surface area contributed by atoms with E-state index in [-0.39, 0.29) is 19.4 Å². The summed E-state index contributed by atoms with van der Waals surface area (Å²) in [6.07, 6.45) is 38.9. The summed E-state index contributed by atoms with van der Waals surface area (Å²) in [6, 6.07) is 0. The van der Waals surface area contributed by atoms with Gasteiger partial charge in [0.15, 0.2) is 6.10 Å². The Hall–Kier alpha value is -1.47. The molecule has 0 aliphatic rings. The van der Waals surface area contributed by atoms with Gasteiger partial charge in [-0.1, -0.05) is 141 Å². The first kappa shape index (κ1) is 46.5. The van der Waals surface area contributed by atoms with Crippen molar-refractivity contribution >= 4 is 19.8 Å². The van der Waals surface area contributed by atoms with Crippen LogP contribution in [0.3, 0.4) is 0 Å². The maximum atomic E-state index is 12.4. The van der Waals surface area contributed by atoms with Gasteiger partial charge in [-0.2, -0.15) is 0 Å². The minimum atomic E-state index is -4.75. The van der Waals surface area contributed by atoms with Gasteiger partial charge in [0.2, 0.25) is 0 Å². The van der Waals surface area contributed by atoms with E-state index in [9.17, 15) is 14.2 Å². The van der Waals surface area contributed by atoms with Gasteiger partial charge in [0.1, 0.15) is 6.61 Å². The monoisotopic (exact) mass is 701 g/mol. The summed E-state index contributed by atoms with van der Waals surface area (Å²) in [5, 5.41) is 0. The highest BCUT2D eigenvalue weighted by Gasteiger charge is 2.22. The molecule has 0 unspecified atom stereocenters. The predicted octanol–water partition coefficient (Wildman–Crippen LogP) is 11.6. The number of carbonyl (C=O) groups excluding carboxylic acids is 2. The van der Waals surface area contributed by atoms with Crippen LogP contribution in [-0.4, -0.2) is 41.0 Å². The van der Waals surface area contributed by atoms with E-state index in [0.717, 1.165) is 64.2 Å². The minimum absolute atomic E-state index is 0.203. The molecule has 0 aromatic heterocycles. The molecule has 0 aromatic rings. The minimum Gasteiger partial charge on any atom is -0.462 e. The van der Waals surface area contributed by atoms with Crippen LogP contribution in [0, 0.1) is 0 Å². The van der Waals surface area contributed by atoms with Gasteiger partial charge in [-0.25, -0.2) is 4.57 Å². The van der Waals surface area contributed by atoms with Crippen LogP contribution in [0.5, 0.6) is 0 Å². The molecule has 48 heavy (non-hydrogen) atoms. The topological polar surface area (TPSA) is 119 Å². The summed E-state index contributed by atoms with van der Waals surface area (Å²) in [5.74, 6) is -0.896. The fourth-order valence-electron chi connectivity index (χ4n) is 5.48. The molecule has 0 amide bonds. The zero-order chi connectivity index (χ0) is 35.4. The highest BCUT2D eigenvalue weighted by atomic mass is 31.2. The summed E-state index contributed by atoms with van der Waals surface area (Å²) < 4.78 is 26.3. The SMILES string of the molecule is CCCCCC/C=C\CCCCCCCCCC(=O)OC[C@H](COP(=O)(O)O)OC(=O)CCCCCCC/C=C\CCCCCCCC. The third-order valence-electron chi connectivity index (χ3n) is 8.44. The van der Waals surface area contributed by atoms with Crippen LogP contribution in [-0.2, 0) is 28.2 Å². The third kappa shape index (κ3) is 37.4. The summed E-state index contributed by atoms with van der Waals surface area (Å²) in [6.45, 7) is 3.66. The molecule has 9 heteroatoms. The Bertz CT molecular complexity index is 838. The number of esters is 2. The zero-order valence-electron chi connectivity index (χ0n) is 30.9. The molecule has 1 atom stereocenters. The summed E-state index contributed by atoms with van der Waals surface area (Å²) in [4.78, 5) is 42.7. The highest BCUT2D eigenvalue weighted by molar-refractivity contribution is 7.46. The van der Waals surface area contributed by atoms with Gasteiger partial charge in [-0.3, -0.25) is 14.1 Å². The Kier molecular flexibility index (Phi) is 34.3. The summed E-state index contributed by atoms with van der Waals surface area (Å²) >= 11 is 0. The van der Waals surface area contributed by atoms with Gasteiger partial charge in [-0.05, 0) is 64.2 Å². The third-order valence-corrected chi connectivity index (χ3v) is 8.93. The molecule has 0 rings (SSSR count). The van der Waals surface area contributed by atoms with Crippen molar-refractivity contribution in [1.82, 2.24) is 0 Å². The number of rotatable bonds is 36. The number of phosphoric ester groups is 1. The van der Waals surface area contributed by atoms with Gasteiger partial charge in [0.05, 0.1) is 6.61 Å². The van der Waals surface area contributed by atoms with Crippen LogP contribution in [0.15, 0.2) is 24.3 Å². The second-order valence-electron chi connectivity index (χ2n) is 13.2. The first-order valence-corrected chi connectivity index (χ1v) is 21.2. The van der Waals surface area contributed by atoms with Crippen LogP contribution in [0.25, 0.3) is 0 Å². The van der Waals surface area contributed by atoms with Gasteiger partial charge < -0.3 is 19.3 Å². The molecule has 0 aromatic carbocycles. The van der Waals surface area contributed by atoms with Crippen molar-refractivity contribution in [2.24, 2.45) is 0 Å². The van der Waals surface area contributed by atoms with Crippen molar-refractivity contribution in [2.45, 2.75) is 200 Å². The average molecular weight is 701 g/mol. The Morgan fingerprint density at radius 2 is 0.875 bits per heavy atom. The quantitative estimate of drug-likeness (QED) is 0.0287. The number of hydrogen-bond acceptors (Lipinski definition) is 6. The summed E-state index contributed by atoms with van der Waals surface area (Å²) in [5.41, 5.74) is 0. The molecule has 0 spiro atoms. The first-order chi connectivity index (χ1) is 23.3. The smallest absolute Gasteiger partial charge is 0.462 e. The Balaban J connectivity index is 3.96. The van der Waals surface area contributed by atoms with Gasteiger partial charge in [-0.15, -0.1) is 0 Å². The lowest BCUT2D eigenvalue weighted by Gasteiger charge is -2.18. The number of phosphoric acid groups is 1. The molecule has 0 heterocycles. The largest absolute Gasteiger partial charge is 0.469 e. The van der Waals surface area contributed by atoms with Crippen LogP contribution < -0.4 is 0 Å². The number of hydrogen-bond donors (Lipinski definition) is 2. The normalized spacial score (nSPS) is 12.7. The van der Waals surface area contributed by atoms with Crippen LogP contribution >= 0.6 is 7.82 Å². The van der Waals surface area contributed by atoms with E-state index < -0.39 is 32.5 Å². The Morgan fingerprint density at radius 1 is 0.521 bits per heavy atom. The molecule has 8 nitrogen and oxygen atoms in total. The van der Waals surface area contributed by atoms with E-state index in [1.54, 1.807) is 0 Å². The fourth-order valence-corrected chi connectivity index (χ4v) is 5.84. The van der Waals surface area contributed by atoms with Crippen molar-refractivity contribution in [2.75, 3.05) is 13.2 Å². The molecule has 0 radical (unpaired) electrons. The van der Waals surface area contributed by atoms with Gasteiger partial charge >= 0.3 is 19.8 Å². The molecular weight excluding hydrogens is 627 g/mol. The maximum absolute atomic E-state index is 12.4. The van der Waals surface area contributed by atoms with Crippen molar-refractivity contribution in [3.63, 3.8) is 0 Å². The molecule has 0 aliphatic heterocycles. The number of unbranched alkanes of at least 4 members (excludes halogenated alkanes) is 22. The lowest BCUT2D eigenvalue weighted by molar-refractivity contribution is -0.161. The van der Waals surface area contributed by atoms with Crippen molar-refractivity contribution < 1.29 is 37.9 Å². The standard InChI is InChI=1S/C39H73O8P/c1-3-5-7-9-11-13-15-17-19-21-23-25-27-29-31-33-38(40)45-35-37(36-46-48(42,43)44)47-39(41)34-32-30-28-26-24-22-20-18-16-14-12-10-8-6-4-2/h13,15,18,20,37H,3-12,14,16-17,19,21-36H2,1-2H3,(H2,42,43,44)/b15-13-,20-18-/t37-/m1/s1. The van der Waals surface area contributed by atoms with E-state index in [4.69, 9.17) is 19.3 Å². The van der Waals surface area contributed by atoms with Gasteiger partial charge in [0.25, 0.3) is 0 Å². The number of ether oxygens (including phenoxy) is 2. The van der Waals surface area contributed by atoms with Crippen LogP contribution in [0.1, 0.15) is 194 Å². The van der Waals surface area contributed by atoms with Crippen molar-refractivity contribution in [3.8, 4) is 0 Å². The second-order valence-corrected chi connectivity index (χ2v) is 14.5. The molecule has 0 fully saturated rings. The van der Waals surface area contributed by atoms with Crippen LogP contribution in [0.2, 0.25) is 0 Å². The lowest BCUT2D eigenvalue weighted by Crippen LogP contribution is -2.29. The van der Waals surface area contributed by atoms with E-state index in [1.165, 1.54) is 96.3 Å². The van der Waals surface area contributed by atoms with E-state index in [2.05, 4.69) is 42.7 Å². The lowest BCUT2D eigenvalue weighted by atomic mass is 10.1. The molecule has 0 saturated heterocycles. The zero-order valence-corrected chi connectivity index (χ0v) is 31.8. The molecule has 0 aliphatic carbocycles. The highest BCUT2D eigenvalue weighted by Crippen LogP contribution is 2.36. The van der Waals surface area contributed by atoms with Gasteiger partial charge in [0, 0.05) is 12.8 Å². The molecule has 2 N–H and O–H groups in total. The number of carbonyl (C=O) groups is 2. The van der Waals surface area contributed by atoms with E-state index >= 15 is 0 Å². The van der Waals surface area contributed by atoms with Crippen molar-refractivity contribution in [1.29, 1.82) is 0 Å². The predicted molar refractivity (Wildman–Crippen MR) is 198 cm³/mol. The second kappa shape index (κ2) is 35.4. The maximum Gasteiger partial charge on any atom is 0.469 e. The fraction of sp³-hybridized carbons (Fsp3) is 0.846. The number of allylic oxidation sites excluding steroid dienone is 4. The molecule has 0 saturated carbocycles. The van der Waals surface area contributed by atoms with E-state index in [0.29, 0.717) is 6.42 Å². The Labute approximate surface area is 294 Å². The molecule has 282 valence electrons. The molecule has 0 bridgehead atoms. The van der Waals surface area contributed by atoms with Crippen molar-refractivity contribution in [3.05, 3.63) is 24.3 Å².